The molecule has 6 nitrogen and oxygen atoms in total. The van der Waals surface area contributed by atoms with E-state index in [1.54, 1.807) is 6.07 Å². The van der Waals surface area contributed by atoms with Crippen molar-refractivity contribution in [3.05, 3.63) is 59.8 Å². The first-order chi connectivity index (χ1) is 13.4. The van der Waals surface area contributed by atoms with Gasteiger partial charge < -0.3 is 10.4 Å². The van der Waals surface area contributed by atoms with Crippen LogP contribution in [0.5, 0.6) is 5.75 Å². The molecule has 0 bridgehead atoms. The summed E-state index contributed by atoms with van der Waals surface area (Å²) in [6, 6.07) is 9.71. The Bertz CT molecular complexity index is 1240. The van der Waals surface area contributed by atoms with Gasteiger partial charge in [-0.15, -0.1) is 14.1 Å². The summed E-state index contributed by atoms with van der Waals surface area (Å²) in [5.74, 6) is 0.0951. The number of aromatic nitrogens is 3. The van der Waals surface area contributed by atoms with Gasteiger partial charge >= 0.3 is 0 Å². The zero-order chi connectivity index (χ0) is 21.3. The van der Waals surface area contributed by atoms with Crippen molar-refractivity contribution < 1.29 is 9.90 Å². The Morgan fingerprint density at radius 2 is 1.66 bits per heavy atom. The van der Waals surface area contributed by atoms with E-state index in [1.165, 1.54) is 11.8 Å². The van der Waals surface area contributed by atoms with Gasteiger partial charge in [-0.25, -0.2) is 0 Å². The number of phenolic OH excluding ortho intramolecular Hbond substituents is 1. The number of benzene rings is 2. The van der Waals surface area contributed by atoms with Crippen molar-refractivity contribution in [1.82, 2.24) is 19.4 Å². The van der Waals surface area contributed by atoms with Crippen LogP contribution in [0.15, 0.2) is 43.1 Å². The van der Waals surface area contributed by atoms with Gasteiger partial charge in [0.2, 0.25) is 0 Å². The van der Waals surface area contributed by atoms with E-state index in [1.807, 2.05) is 26.2 Å². The monoisotopic (exact) mass is 392 g/mol. The van der Waals surface area contributed by atoms with Gasteiger partial charge in [0.05, 0.1) is 0 Å². The van der Waals surface area contributed by atoms with E-state index in [9.17, 15) is 9.90 Å². The summed E-state index contributed by atoms with van der Waals surface area (Å²) in [6.45, 7) is 16.4. The first-order valence-electron chi connectivity index (χ1n) is 9.79. The van der Waals surface area contributed by atoms with Crippen molar-refractivity contribution in [2.24, 2.45) is 0 Å². The van der Waals surface area contributed by atoms with Crippen LogP contribution in [0.4, 0.5) is 0 Å². The quantitative estimate of drug-likeness (QED) is 0.535. The average molecular weight is 393 g/mol. The summed E-state index contributed by atoms with van der Waals surface area (Å²) >= 11 is 0. The SMILES string of the molecule is C=CNC(=O)c1ccc2c(c1)n1n(-c3cc(C(C)(C)C)cc(C(C)(C)C)c3O)n21. The smallest absolute Gasteiger partial charge is 0.255 e. The Morgan fingerprint density at radius 1 is 1.00 bits per heavy atom. The van der Waals surface area contributed by atoms with Gasteiger partial charge in [-0.2, -0.15) is 0 Å². The first kappa shape index (κ1) is 19.2. The molecule has 0 spiro atoms. The van der Waals surface area contributed by atoms with E-state index in [0.717, 1.165) is 22.3 Å². The zero-order valence-corrected chi connectivity index (χ0v) is 17.9. The highest BCUT2D eigenvalue weighted by Crippen LogP contribution is 2.41. The third kappa shape index (κ3) is 2.90. The third-order valence-corrected chi connectivity index (χ3v) is 5.39. The second-order valence-electron chi connectivity index (χ2n) is 9.64. The maximum atomic E-state index is 12.1. The van der Waals surface area contributed by atoms with Crippen LogP contribution in [-0.2, 0) is 10.8 Å². The molecule has 0 atom stereocenters. The van der Waals surface area contributed by atoms with Crippen molar-refractivity contribution in [3.8, 4) is 11.4 Å². The number of phenols is 1. The van der Waals surface area contributed by atoms with Gasteiger partial charge in [0, 0.05) is 11.1 Å². The summed E-state index contributed by atoms with van der Waals surface area (Å²) in [5, 5.41) is 13.7. The lowest BCUT2D eigenvalue weighted by Crippen LogP contribution is -2.17. The second kappa shape index (κ2) is 5.92. The predicted molar refractivity (Wildman–Crippen MR) is 116 cm³/mol. The molecule has 2 aromatic carbocycles. The van der Waals surface area contributed by atoms with Crippen molar-refractivity contribution in [2.45, 2.75) is 52.4 Å². The molecule has 0 aliphatic rings. The Kier molecular flexibility index (Phi) is 3.92. The zero-order valence-electron chi connectivity index (χ0n) is 17.9. The number of nitrogens with zero attached hydrogens (tertiary/aromatic N) is 3. The number of fused-ring (bicyclic) bond motifs is 4. The topological polar surface area (TPSA) is 63.1 Å². The molecule has 29 heavy (non-hydrogen) atoms. The molecule has 2 N–H and O–H groups in total. The van der Waals surface area contributed by atoms with Crippen LogP contribution in [-0.4, -0.2) is 25.1 Å². The molecule has 6 heteroatoms. The lowest BCUT2D eigenvalue weighted by Gasteiger charge is -2.26. The van der Waals surface area contributed by atoms with Crippen LogP contribution < -0.4 is 5.32 Å². The Morgan fingerprint density at radius 3 is 2.24 bits per heavy atom. The fourth-order valence-electron chi connectivity index (χ4n) is 3.64. The molecule has 1 amide bonds. The van der Waals surface area contributed by atoms with Crippen molar-refractivity contribution in [2.75, 3.05) is 0 Å². The van der Waals surface area contributed by atoms with E-state index in [0.29, 0.717) is 5.56 Å². The highest BCUT2D eigenvalue weighted by atomic mass is 16.3. The molecule has 2 heterocycles. The highest BCUT2D eigenvalue weighted by Gasteiger charge is 2.31. The Balaban J connectivity index is 1.89. The number of nitrogens with one attached hydrogen (secondary N) is 1. The summed E-state index contributed by atoms with van der Waals surface area (Å²) in [7, 11) is 0. The summed E-state index contributed by atoms with van der Waals surface area (Å²) in [6.07, 6.45) is 1.38. The van der Waals surface area contributed by atoms with Crippen LogP contribution in [0.25, 0.3) is 16.7 Å². The van der Waals surface area contributed by atoms with Crippen molar-refractivity contribution in [1.29, 1.82) is 0 Å². The molecule has 0 aliphatic carbocycles. The fraction of sp³-hybridized carbons (Fsp3) is 0.348. The van der Waals surface area contributed by atoms with Gasteiger partial charge in [-0.3, -0.25) is 4.79 Å². The summed E-state index contributed by atoms with van der Waals surface area (Å²) in [5.41, 5.74) is 5.09. The van der Waals surface area contributed by atoms with E-state index < -0.39 is 0 Å². The highest BCUT2D eigenvalue weighted by molar-refractivity contribution is 5.98. The molecule has 0 unspecified atom stereocenters. The first-order valence-corrected chi connectivity index (χ1v) is 9.79. The van der Waals surface area contributed by atoms with Crippen molar-refractivity contribution >= 4 is 16.9 Å². The van der Waals surface area contributed by atoms with E-state index in [-0.39, 0.29) is 22.5 Å². The largest absolute Gasteiger partial charge is 0.505 e. The third-order valence-electron chi connectivity index (χ3n) is 5.39. The lowest BCUT2D eigenvalue weighted by atomic mass is 9.80. The molecule has 0 saturated heterocycles. The van der Waals surface area contributed by atoms with E-state index >= 15 is 0 Å². The maximum Gasteiger partial charge on any atom is 0.255 e. The number of hydrogen-bond acceptors (Lipinski definition) is 2. The average Bonchev–Trinajstić information content (AvgIpc) is 3.26. The molecule has 2 aromatic heterocycles. The minimum Gasteiger partial charge on any atom is -0.505 e. The van der Waals surface area contributed by atoms with Crippen LogP contribution in [0.3, 0.4) is 0 Å². The second-order valence-corrected chi connectivity index (χ2v) is 9.64. The Labute approximate surface area is 170 Å². The minimum atomic E-state index is -0.192. The molecule has 4 aromatic rings. The van der Waals surface area contributed by atoms with Crippen LogP contribution in [0, 0.1) is 0 Å². The van der Waals surface area contributed by atoms with Gasteiger partial charge in [-0.1, -0.05) is 54.2 Å². The lowest BCUT2D eigenvalue weighted by molar-refractivity contribution is 0.0970. The number of rotatable bonds is 3. The number of carbonyl (C=O) groups is 1. The normalized spacial score (nSPS) is 12.9. The van der Waals surface area contributed by atoms with Gasteiger partial charge in [0.15, 0.2) is 0 Å². The van der Waals surface area contributed by atoms with Crippen LogP contribution in [0.2, 0.25) is 0 Å². The van der Waals surface area contributed by atoms with Gasteiger partial charge in [0.1, 0.15) is 22.5 Å². The number of hydrogen-bond donors (Lipinski definition) is 2. The number of carbonyl (C=O) groups excluding carboxylic acids is 1. The summed E-state index contributed by atoms with van der Waals surface area (Å²) in [4.78, 5) is 14.0. The van der Waals surface area contributed by atoms with Gasteiger partial charge in [-0.05, 0) is 46.9 Å². The van der Waals surface area contributed by atoms with Crippen LogP contribution in [0.1, 0.15) is 63.0 Å². The van der Waals surface area contributed by atoms with Crippen molar-refractivity contribution in [3.63, 3.8) is 0 Å². The molecule has 0 fully saturated rings. The van der Waals surface area contributed by atoms with E-state index in [4.69, 9.17) is 0 Å². The molecule has 0 radical (unpaired) electrons. The van der Waals surface area contributed by atoms with E-state index in [2.05, 4.69) is 65.6 Å². The number of aromatic hydroxyl groups is 1. The molecule has 0 saturated carbocycles. The predicted octanol–water partition coefficient (Wildman–Crippen LogP) is 4.59. The van der Waals surface area contributed by atoms with Gasteiger partial charge in [0.25, 0.3) is 5.91 Å². The molecular weight excluding hydrogens is 364 g/mol. The molecule has 0 aliphatic heterocycles. The molecular formula is C23H28N4O2. The minimum absolute atomic E-state index is 0.0506. The molecule has 152 valence electrons. The molecule has 4 rings (SSSR count). The maximum absolute atomic E-state index is 12.1. The standard InChI is InChI=1S/C23H28N4O2/c1-8-24-21(29)14-9-10-17-18(11-14)26-25(17)27(26)19-13-15(22(2,3)4)12-16(20(19)28)23(5,6)7/h8-13,28H,1H2,2-7H3,(H,24,29). The number of amides is 1. The Hall–Kier alpha value is -3.15. The fourth-order valence-corrected chi connectivity index (χ4v) is 3.64. The summed E-state index contributed by atoms with van der Waals surface area (Å²) < 4.78 is 3.94. The van der Waals surface area contributed by atoms with Crippen LogP contribution >= 0.6 is 0 Å².